The number of likely N-dealkylation sites (tertiary alicyclic amines) is 1. The Hall–Kier alpha value is -2.86. The van der Waals surface area contributed by atoms with E-state index in [0.29, 0.717) is 55.9 Å². The molecule has 10 nitrogen and oxygen atoms in total. The van der Waals surface area contributed by atoms with Crippen LogP contribution in [-0.4, -0.2) is 102 Å². The number of anilines is 2. The second-order valence-corrected chi connectivity index (χ2v) is 14.1. The molecule has 3 saturated heterocycles. The van der Waals surface area contributed by atoms with E-state index in [4.69, 9.17) is 17.3 Å². The van der Waals surface area contributed by atoms with Gasteiger partial charge in [-0.25, -0.2) is 4.79 Å². The molecule has 3 fully saturated rings. The van der Waals surface area contributed by atoms with Gasteiger partial charge in [-0.3, -0.25) is 14.5 Å². The van der Waals surface area contributed by atoms with E-state index in [-0.39, 0.29) is 30.3 Å². The third-order valence-electron chi connectivity index (χ3n) is 10.2. The molecule has 6 rings (SSSR count). The van der Waals surface area contributed by atoms with Crippen LogP contribution in [0.4, 0.5) is 16.2 Å². The van der Waals surface area contributed by atoms with Crippen molar-refractivity contribution in [2.75, 3.05) is 63.4 Å². The zero-order valence-corrected chi connectivity index (χ0v) is 27.8. The normalized spacial score (nSPS) is 21.0. The fraction of sp³-hybridized carbons (Fsp3) is 0.606. The summed E-state index contributed by atoms with van der Waals surface area (Å²) in [5.41, 5.74) is 10.7. The Balaban J connectivity index is 1.10. The molecule has 0 radical (unpaired) electrons. The summed E-state index contributed by atoms with van der Waals surface area (Å²) in [6.45, 7) is 9.01. The molecule has 1 atom stereocenters. The van der Waals surface area contributed by atoms with Gasteiger partial charge < -0.3 is 31.1 Å². The maximum Gasteiger partial charge on any atom is 0.322 e. The molecule has 45 heavy (non-hydrogen) atoms. The molecule has 1 aromatic heterocycles. The van der Waals surface area contributed by atoms with E-state index < -0.39 is 5.92 Å². The molecule has 0 bridgehead atoms. The topological polar surface area (TPSA) is 114 Å². The minimum Gasteiger partial charge on any atom is -0.397 e. The van der Waals surface area contributed by atoms with E-state index in [1.54, 1.807) is 11.3 Å². The van der Waals surface area contributed by atoms with E-state index in [9.17, 15) is 14.4 Å². The van der Waals surface area contributed by atoms with Crippen LogP contribution in [0.15, 0.2) is 22.9 Å². The maximum absolute atomic E-state index is 14.1. The standard InChI is InChI=1S/C33H46ClN7O3S/c1-2-23-15-22(17-28(34)31(23)35)16-24(32(43)40-13-11-38(12-14-40)26-3-7-36-8-4-26)18-30(42)39-9-5-27(6-10-39)41-19-25-20-45-21-29(25)37-33(41)44/h15,17,20-21,24,26-27,36H,2-14,16,18-19,35H2,1H3,(H,37,44)/t24-/m0/s1. The Labute approximate surface area is 275 Å². The van der Waals surface area contributed by atoms with Gasteiger partial charge in [-0.05, 0) is 74.2 Å². The molecule has 4 N–H and O–H groups in total. The van der Waals surface area contributed by atoms with Gasteiger partial charge in [-0.15, -0.1) is 11.3 Å². The smallest absolute Gasteiger partial charge is 0.322 e. The number of aryl methyl sites for hydroxylation is 1. The third-order valence-corrected chi connectivity index (χ3v) is 11.3. The Morgan fingerprint density at radius 1 is 1.00 bits per heavy atom. The van der Waals surface area contributed by atoms with Gasteiger partial charge in [-0.2, -0.15) is 0 Å². The molecule has 0 aliphatic carbocycles. The predicted molar refractivity (Wildman–Crippen MR) is 180 cm³/mol. The molecule has 0 saturated carbocycles. The van der Waals surface area contributed by atoms with Crippen molar-refractivity contribution in [2.24, 2.45) is 5.92 Å². The van der Waals surface area contributed by atoms with Gasteiger partial charge in [-0.1, -0.05) is 24.6 Å². The second kappa shape index (κ2) is 14.3. The quantitative estimate of drug-likeness (QED) is 0.370. The second-order valence-electron chi connectivity index (χ2n) is 12.9. The Kier molecular flexibility index (Phi) is 10.2. The van der Waals surface area contributed by atoms with Crippen LogP contribution in [0.3, 0.4) is 0 Å². The fourth-order valence-corrected chi connectivity index (χ4v) is 8.52. The number of hydrogen-bond acceptors (Lipinski definition) is 7. The van der Waals surface area contributed by atoms with Crippen LogP contribution in [0.25, 0.3) is 0 Å². The van der Waals surface area contributed by atoms with Crippen LogP contribution in [0.2, 0.25) is 5.02 Å². The van der Waals surface area contributed by atoms with Crippen molar-refractivity contribution in [3.63, 3.8) is 0 Å². The first kappa shape index (κ1) is 32.1. The highest BCUT2D eigenvalue weighted by molar-refractivity contribution is 7.08. The molecular formula is C33H46ClN7O3S. The van der Waals surface area contributed by atoms with Gasteiger partial charge >= 0.3 is 6.03 Å². The number of piperidine rings is 2. The number of nitrogens with zero attached hydrogens (tertiary/aromatic N) is 4. The average Bonchev–Trinajstić information content (AvgIpc) is 3.53. The SMILES string of the molecule is CCc1cc(C[C@@H](CC(=O)N2CCC(N3Cc4cscc4NC3=O)CC2)C(=O)N2CCN(C3CCNCC3)CC2)cc(Cl)c1N. The van der Waals surface area contributed by atoms with Crippen LogP contribution < -0.4 is 16.4 Å². The van der Waals surface area contributed by atoms with Gasteiger partial charge in [0.05, 0.1) is 28.9 Å². The van der Waals surface area contributed by atoms with E-state index in [0.717, 1.165) is 80.7 Å². The van der Waals surface area contributed by atoms with Crippen molar-refractivity contribution >= 4 is 52.2 Å². The summed E-state index contributed by atoms with van der Waals surface area (Å²) in [4.78, 5) is 48.9. The minimum atomic E-state index is -0.477. The predicted octanol–water partition coefficient (Wildman–Crippen LogP) is 4.03. The van der Waals surface area contributed by atoms with E-state index in [1.165, 1.54) is 0 Å². The molecule has 1 aromatic carbocycles. The number of benzene rings is 1. The number of piperazine rings is 1. The number of thiophene rings is 1. The summed E-state index contributed by atoms with van der Waals surface area (Å²) in [6, 6.07) is 4.49. The summed E-state index contributed by atoms with van der Waals surface area (Å²) in [5, 5.41) is 11.0. The van der Waals surface area contributed by atoms with Crippen molar-refractivity contribution in [1.82, 2.24) is 24.9 Å². The van der Waals surface area contributed by atoms with Gasteiger partial charge in [0.25, 0.3) is 0 Å². The largest absolute Gasteiger partial charge is 0.397 e. The molecule has 4 aliphatic heterocycles. The van der Waals surface area contributed by atoms with Crippen LogP contribution in [0.5, 0.6) is 0 Å². The third kappa shape index (κ3) is 7.26. The van der Waals surface area contributed by atoms with Gasteiger partial charge in [0.15, 0.2) is 0 Å². The number of hydrogen-bond donors (Lipinski definition) is 3. The van der Waals surface area contributed by atoms with Crippen LogP contribution in [0.1, 0.15) is 55.7 Å². The van der Waals surface area contributed by atoms with Crippen molar-refractivity contribution in [2.45, 2.75) is 70.5 Å². The summed E-state index contributed by atoms with van der Waals surface area (Å²) in [6.07, 6.45) is 5.09. The number of amides is 4. The van der Waals surface area contributed by atoms with E-state index in [1.807, 2.05) is 39.1 Å². The molecule has 2 aromatic rings. The van der Waals surface area contributed by atoms with Crippen LogP contribution >= 0.6 is 22.9 Å². The number of nitrogens with one attached hydrogen (secondary N) is 2. The Bertz CT molecular complexity index is 1380. The fourth-order valence-electron chi connectivity index (χ4n) is 7.48. The summed E-state index contributed by atoms with van der Waals surface area (Å²) >= 11 is 8.09. The first-order valence-electron chi connectivity index (χ1n) is 16.5. The molecular weight excluding hydrogens is 610 g/mol. The number of carbonyl (C=O) groups excluding carboxylic acids is 3. The highest BCUT2D eigenvalue weighted by Gasteiger charge is 2.36. The molecule has 12 heteroatoms. The summed E-state index contributed by atoms with van der Waals surface area (Å²) in [5.74, 6) is -0.429. The van der Waals surface area contributed by atoms with E-state index >= 15 is 0 Å². The lowest BCUT2D eigenvalue weighted by atomic mass is 9.91. The summed E-state index contributed by atoms with van der Waals surface area (Å²) in [7, 11) is 0. The highest BCUT2D eigenvalue weighted by Crippen LogP contribution is 2.32. The molecule has 244 valence electrons. The number of urea groups is 1. The zero-order chi connectivity index (χ0) is 31.5. The number of nitrogen functional groups attached to an aromatic ring is 1. The van der Waals surface area contributed by atoms with Crippen LogP contribution in [0, 0.1) is 5.92 Å². The summed E-state index contributed by atoms with van der Waals surface area (Å²) < 4.78 is 0. The van der Waals surface area contributed by atoms with Gasteiger partial charge in [0.2, 0.25) is 11.8 Å². The molecule has 5 heterocycles. The number of carbonyl (C=O) groups is 3. The van der Waals surface area contributed by atoms with E-state index in [2.05, 4.69) is 20.9 Å². The monoisotopic (exact) mass is 655 g/mol. The van der Waals surface area contributed by atoms with Gasteiger partial charge in [0, 0.05) is 68.7 Å². The number of nitrogens with two attached hydrogens (primary N) is 1. The average molecular weight is 656 g/mol. The lowest BCUT2D eigenvalue weighted by Crippen LogP contribution is -2.55. The first-order valence-corrected chi connectivity index (χ1v) is 17.8. The van der Waals surface area contributed by atoms with Crippen molar-refractivity contribution in [3.8, 4) is 0 Å². The lowest BCUT2D eigenvalue weighted by Gasteiger charge is -2.42. The molecule has 4 amide bonds. The lowest BCUT2D eigenvalue weighted by molar-refractivity contribution is -0.143. The highest BCUT2D eigenvalue weighted by atomic mass is 35.5. The van der Waals surface area contributed by atoms with Crippen LogP contribution in [-0.2, 0) is 29.0 Å². The minimum absolute atomic E-state index is 0.000569. The maximum atomic E-state index is 14.1. The molecule has 0 unspecified atom stereocenters. The Morgan fingerprint density at radius 2 is 1.73 bits per heavy atom. The van der Waals surface area contributed by atoms with Crippen molar-refractivity contribution in [3.05, 3.63) is 44.6 Å². The molecule has 4 aliphatic rings. The van der Waals surface area contributed by atoms with Gasteiger partial charge in [0.1, 0.15) is 0 Å². The van der Waals surface area contributed by atoms with Crippen molar-refractivity contribution < 1.29 is 14.4 Å². The number of rotatable bonds is 8. The number of fused-ring (bicyclic) bond motifs is 1. The molecule has 0 spiro atoms. The zero-order valence-electron chi connectivity index (χ0n) is 26.2. The van der Waals surface area contributed by atoms with Crippen molar-refractivity contribution in [1.29, 1.82) is 0 Å². The Morgan fingerprint density at radius 3 is 2.44 bits per heavy atom. The number of halogens is 1. The first-order chi connectivity index (χ1) is 21.8.